The van der Waals surface area contributed by atoms with Crippen molar-refractivity contribution in [3.63, 3.8) is 0 Å². The number of carbonyl (C=O) groups excluding carboxylic acids is 1. The summed E-state index contributed by atoms with van der Waals surface area (Å²) >= 11 is 0. The lowest BCUT2D eigenvalue weighted by molar-refractivity contribution is -0.114. The van der Waals surface area contributed by atoms with Crippen LogP contribution in [0.2, 0.25) is 0 Å². The second kappa shape index (κ2) is 8.08. The predicted octanol–water partition coefficient (Wildman–Crippen LogP) is 1.18. The number of nitrogens with two attached hydrogens (primary N) is 1. The Morgan fingerprint density at radius 1 is 1.46 bits per heavy atom. The Balaban J connectivity index is 0. The summed E-state index contributed by atoms with van der Waals surface area (Å²) in [6, 6.07) is 0. The SMILES string of the molecule is C/C(=C\CCCN(C)C)C(N)=O.Cl. The van der Waals surface area contributed by atoms with E-state index < -0.39 is 0 Å². The van der Waals surface area contributed by atoms with Gasteiger partial charge in [-0.3, -0.25) is 4.79 Å². The van der Waals surface area contributed by atoms with Gasteiger partial charge in [0.1, 0.15) is 0 Å². The lowest BCUT2D eigenvalue weighted by Gasteiger charge is -2.06. The van der Waals surface area contributed by atoms with Gasteiger partial charge in [-0.15, -0.1) is 12.4 Å². The monoisotopic (exact) mass is 206 g/mol. The number of unbranched alkanes of at least 4 members (excludes halogenated alkanes) is 1. The Labute approximate surface area is 86.4 Å². The van der Waals surface area contributed by atoms with E-state index in [4.69, 9.17) is 5.73 Å². The van der Waals surface area contributed by atoms with Gasteiger partial charge in [-0.1, -0.05) is 6.08 Å². The van der Waals surface area contributed by atoms with Crippen LogP contribution in [0.5, 0.6) is 0 Å². The molecule has 0 aliphatic carbocycles. The van der Waals surface area contributed by atoms with Gasteiger partial charge in [-0.2, -0.15) is 0 Å². The molecule has 0 saturated carbocycles. The van der Waals surface area contributed by atoms with Gasteiger partial charge in [-0.05, 0) is 40.4 Å². The molecule has 0 heterocycles. The maximum Gasteiger partial charge on any atom is 0.244 e. The van der Waals surface area contributed by atoms with Gasteiger partial charge in [0.15, 0.2) is 0 Å². The van der Waals surface area contributed by atoms with Gasteiger partial charge in [0, 0.05) is 5.57 Å². The normalized spacial score (nSPS) is 11.2. The molecule has 3 nitrogen and oxygen atoms in total. The predicted molar refractivity (Wildman–Crippen MR) is 58.0 cm³/mol. The Hall–Kier alpha value is -0.540. The Morgan fingerprint density at radius 3 is 2.38 bits per heavy atom. The highest BCUT2D eigenvalue weighted by Crippen LogP contribution is 1.97. The number of halogens is 1. The Morgan fingerprint density at radius 2 is 2.00 bits per heavy atom. The molecule has 0 aromatic carbocycles. The van der Waals surface area contributed by atoms with E-state index in [0.29, 0.717) is 5.57 Å². The first-order valence-electron chi connectivity index (χ1n) is 4.15. The fourth-order valence-electron chi connectivity index (χ4n) is 0.827. The van der Waals surface area contributed by atoms with Crippen molar-refractivity contribution in [1.82, 2.24) is 4.90 Å². The van der Waals surface area contributed by atoms with Crippen LogP contribution in [-0.4, -0.2) is 31.4 Å². The summed E-state index contributed by atoms with van der Waals surface area (Å²) in [5.74, 6) is -0.320. The average Bonchev–Trinajstić information content (AvgIpc) is 1.97. The van der Waals surface area contributed by atoms with Gasteiger partial charge < -0.3 is 10.6 Å². The molecule has 0 spiro atoms. The van der Waals surface area contributed by atoms with E-state index in [0.717, 1.165) is 19.4 Å². The first-order chi connectivity index (χ1) is 5.54. The zero-order valence-corrected chi connectivity index (χ0v) is 9.36. The molecule has 0 bridgehead atoms. The molecule has 0 rings (SSSR count). The zero-order chi connectivity index (χ0) is 9.56. The van der Waals surface area contributed by atoms with Crippen molar-refractivity contribution in [3.8, 4) is 0 Å². The molecule has 0 radical (unpaired) electrons. The van der Waals surface area contributed by atoms with Gasteiger partial charge >= 0.3 is 0 Å². The summed E-state index contributed by atoms with van der Waals surface area (Å²) < 4.78 is 0. The van der Waals surface area contributed by atoms with Crippen molar-refractivity contribution in [1.29, 1.82) is 0 Å². The molecule has 0 atom stereocenters. The minimum Gasteiger partial charge on any atom is -0.366 e. The third kappa shape index (κ3) is 9.37. The fourth-order valence-corrected chi connectivity index (χ4v) is 0.827. The molecule has 0 aliphatic rings. The number of primary amides is 1. The number of allylic oxidation sites excluding steroid dienone is 1. The van der Waals surface area contributed by atoms with Crippen LogP contribution >= 0.6 is 12.4 Å². The number of nitrogens with zero attached hydrogens (tertiary/aromatic N) is 1. The zero-order valence-electron chi connectivity index (χ0n) is 8.54. The molecule has 78 valence electrons. The van der Waals surface area contributed by atoms with Gasteiger partial charge in [0.05, 0.1) is 0 Å². The van der Waals surface area contributed by atoms with E-state index in [1.165, 1.54) is 0 Å². The number of hydrogen-bond donors (Lipinski definition) is 1. The highest BCUT2D eigenvalue weighted by molar-refractivity contribution is 5.91. The summed E-state index contributed by atoms with van der Waals surface area (Å²) in [5.41, 5.74) is 5.72. The molecule has 0 saturated heterocycles. The van der Waals surface area contributed by atoms with Crippen molar-refractivity contribution in [2.24, 2.45) is 5.73 Å². The van der Waals surface area contributed by atoms with Crippen LogP contribution in [0.1, 0.15) is 19.8 Å². The summed E-state index contributed by atoms with van der Waals surface area (Å²) in [5, 5.41) is 0. The lowest BCUT2D eigenvalue weighted by atomic mass is 10.2. The molecule has 0 aromatic heterocycles. The quantitative estimate of drug-likeness (QED) is 0.543. The van der Waals surface area contributed by atoms with Crippen LogP contribution in [0.3, 0.4) is 0 Å². The molecule has 13 heavy (non-hydrogen) atoms. The van der Waals surface area contributed by atoms with Gasteiger partial charge in [0.2, 0.25) is 5.91 Å². The summed E-state index contributed by atoms with van der Waals surface area (Å²) in [4.78, 5) is 12.7. The third-order valence-corrected chi connectivity index (χ3v) is 1.65. The maximum absolute atomic E-state index is 10.6. The first kappa shape index (κ1) is 15.0. The van der Waals surface area contributed by atoms with E-state index in [1.54, 1.807) is 6.92 Å². The van der Waals surface area contributed by atoms with Crippen molar-refractivity contribution < 1.29 is 4.79 Å². The molecular weight excluding hydrogens is 188 g/mol. The van der Waals surface area contributed by atoms with Crippen LogP contribution in [0.15, 0.2) is 11.6 Å². The van der Waals surface area contributed by atoms with Crippen molar-refractivity contribution in [2.45, 2.75) is 19.8 Å². The maximum atomic E-state index is 10.6. The summed E-state index contributed by atoms with van der Waals surface area (Å²) in [7, 11) is 4.06. The number of rotatable bonds is 5. The van der Waals surface area contributed by atoms with Crippen LogP contribution in [-0.2, 0) is 4.79 Å². The van der Waals surface area contributed by atoms with Crippen molar-refractivity contribution >= 4 is 18.3 Å². The Kier molecular flexibility index (Phi) is 9.29. The molecule has 4 heteroatoms. The van der Waals surface area contributed by atoms with Crippen molar-refractivity contribution in [2.75, 3.05) is 20.6 Å². The van der Waals surface area contributed by atoms with Crippen LogP contribution in [0.4, 0.5) is 0 Å². The van der Waals surface area contributed by atoms with Crippen LogP contribution in [0.25, 0.3) is 0 Å². The molecule has 0 unspecified atom stereocenters. The van der Waals surface area contributed by atoms with E-state index in [9.17, 15) is 4.79 Å². The second-order valence-corrected chi connectivity index (χ2v) is 3.20. The number of amides is 1. The molecule has 2 N–H and O–H groups in total. The summed E-state index contributed by atoms with van der Waals surface area (Å²) in [6.45, 7) is 2.79. The molecule has 0 fully saturated rings. The number of hydrogen-bond acceptors (Lipinski definition) is 2. The van der Waals surface area contributed by atoms with E-state index in [2.05, 4.69) is 4.90 Å². The van der Waals surface area contributed by atoms with Gasteiger partial charge in [-0.25, -0.2) is 0 Å². The number of carbonyl (C=O) groups is 1. The summed E-state index contributed by atoms with van der Waals surface area (Å²) in [6.07, 6.45) is 3.89. The van der Waals surface area contributed by atoms with E-state index in [-0.39, 0.29) is 18.3 Å². The Bertz CT molecular complexity index is 178. The van der Waals surface area contributed by atoms with E-state index in [1.807, 2.05) is 20.2 Å². The second-order valence-electron chi connectivity index (χ2n) is 3.20. The van der Waals surface area contributed by atoms with Crippen LogP contribution in [0, 0.1) is 0 Å². The molecular formula is C9H19ClN2O. The van der Waals surface area contributed by atoms with Crippen molar-refractivity contribution in [3.05, 3.63) is 11.6 Å². The topological polar surface area (TPSA) is 46.3 Å². The third-order valence-electron chi connectivity index (χ3n) is 1.65. The van der Waals surface area contributed by atoms with E-state index >= 15 is 0 Å². The molecule has 0 aromatic rings. The first-order valence-corrected chi connectivity index (χ1v) is 4.15. The highest BCUT2D eigenvalue weighted by Gasteiger charge is 1.95. The minimum absolute atomic E-state index is 0. The van der Waals surface area contributed by atoms with Gasteiger partial charge in [0.25, 0.3) is 0 Å². The lowest BCUT2D eigenvalue weighted by Crippen LogP contribution is -2.13. The standard InChI is InChI=1S/C9H18N2O.ClH/c1-8(9(10)12)6-4-5-7-11(2)3;/h6H,4-5,7H2,1-3H3,(H2,10,12);1H/b8-6+;. The fraction of sp³-hybridized carbons (Fsp3) is 0.667. The highest BCUT2D eigenvalue weighted by atomic mass is 35.5. The largest absolute Gasteiger partial charge is 0.366 e. The van der Waals surface area contributed by atoms with Crippen LogP contribution < -0.4 is 5.73 Å². The average molecular weight is 207 g/mol. The smallest absolute Gasteiger partial charge is 0.244 e. The molecule has 1 amide bonds. The minimum atomic E-state index is -0.320. The molecule has 0 aliphatic heterocycles.